The number of aromatic nitrogens is 2. The maximum atomic E-state index is 9.58. The van der Waals surface area contributed by atoms with Crippen molar-refractivity contribution in [3.8, 4) is 0 Å². The molecule has 1 aliphatic rings. The van der Waals surface area contributed by atoms with Gasteiger partial charge in [0, 0.05) is 23.9 Å². The molecular formula is C15H20N5O+. The molecule has 1 fully saturated rings. The number of rotatable bonds is 3. The highest BCUT2D eigenvalue weighted by Crippen LogP contribution is 2.24. The lowest BCUT2D eigenvalue weighted by Gasteiger charge is -2.17. The number of imidazole rings is 1. The molecule has 0 saturated carbocycles. The predicted molar refractivity (Wildman–Crippen MR) is 80.0 cm³/mol. The molecule has 0 amide bonds. The molecule has 0 bridgehead atoms. The Morgan fingerprint density at radius 1 is 1.24 bits per heavy atom. The molecule has 2 heterocycles. The first kappa shape index (κ1) is 13.8. The zero-order valence-electron chi connectivity index (χ0n) is 12.3. The monoisotopic (exact) mass is 286 g/mol. The van der Waals surface area contributed by atoms with Crippen LogP contribution in [0.2, 0.25) is 0 Å². The minimum Gasteiger partial charge on any atom is -0.391 e. The van der Waals surface area contributed by atoms with Gasteiger partial charge in [0.05, 0.1) is 32.6 Å². The van der Waals surface area contributed by atoms with Gasteiger partial charge in [0.2, 0.25) is 0 Å². The number of hydrogen-bond donors (Lipinski definition) is 1. The first-order valence-corrected chi connectivity index (χ1v) is 7.09. The smallest absolute Gasteiger partial charge is 0.391 e. The fourth-order valence-electron chi connectivity index (χ4n) is 2.53. The Kier molecular flexibility index (Phi) is 3.70. The molecule has 1 aromatic heterocycles. The van der Waals surface area contributed by atoms with Gasteiger partial charge in [-0.1, -0.05) is 5.11 Å². The van der Waals surface area contributed by atoms with Crippen molar-refractivity contribution in [2.75, 3.05) is 18.0 Å². The summed E-state index contributed by atoms with van der Waals surface area (Å²) in [7, 11) is 3.88. The minimum atomic E-state index is -0.207. The van der Waals surface area contributed by atoms with Gasteiger partial charge in [-0.15, -0.1) is 0 Å². The molecule has 3 rings (SSSR count). The van der Waals surface area contributed by atoms with E-state index in [1.54, 1.807) is 0 Å². The quantitative estimate of drug-likeness (QED) is 0.691. The normalized spacial score (nSPS) is 18.8. The van der Waals surface area contributed by atoms with E-state index in [-0.39, 0.29) is 6.10 Å². The standard InChI is InChI=1S/C15H20N5O/c1-18-9-10-19(2)15(18)17-16-12-3-5-13(6-4-12)20-8-7-14(21)11-20/h3-6,9-10,14,21H,7-8,11H2,1-2H3/q+1. The molecule has 1 aliphatic heterocycles. The lowest BCUT2D eigenvalue weighted by atomic mass is 10.2. The van der Waals surface area contributed by atoms with E-state index in [0.29, 0.717) is 6.54 Å². The number of aryl methyl sites for hydroxylation is 2. The number of aliphatic hydroxyl groups excluding tert-OH is 1. The van der Waals surface area contributed by atoms with E-state index in [0.717, 1.165) is 30.3 Å². The number of aliphatic hydroxyl groups is 1. The summed E-state index contributed by atoms with van der Waals surface area (Å²) in [6.45, 7) is 1.61. The van der Waals surface area contributed by atoms with Gasteiger partial charge >= 0.3 is 5.95 Å². The van der Waals surface area contributed by atoms with Crippen LogP contribution in [0.1, 0.15) is 6.42 Å². The lowest BCUT2D eigenvalue weighted by Crippen LogP contribution is -2.25. The first-order chi connectivity index (χ1) is 10.1. The van der Waals surface area contributed by atoms with Crippen molar-refractivity contribution in [3.05, 3.63) is 36.7 Å². The van der Waals surface area contributed by atoms with Gasteiger partial charge in [-0.3, -0.25) is 0 Å². The highest BCUT2D eigenvalue weighted by atomic mass is 16.3. The Morgan fingerprint density at radius 3 is 2.57 bits per heavy atom. The second-order valence-electron chi connectivity index (χ2n) is 5.42. The van der Waals surface area contributed by atoms with Crippen molar-refractivity contribution >= 4 is 17.3 Å². The van der Waals surface area contributed by atoms with Crippen LogP contribution in [0.15, 0.2) is 46.9 Å². The fraction of sp³-hybridized carbons (Fsp3) is 0.400. The van der Waals surface area contributed by atoms with Gasteiger partial charge in [0.1, 0.15) is 5.69 Å². The summed E-state index contributed by atoms with van der Waals surface area (Å²) < 4.78 is 3.84. The summed E-state index contributed by atoms with van der Waals surface area (Å²) >= 11 is 0. The topological polar surface area (TPSA) is 57.0 Å². The summed E-state index contributed by atoms with van der Waals surface area (Å²) in [5.41, 5.74) is 1.94. The second kappa shape index (κ2) is 5.65. The van der Waals surface area contributed by atoms with Gasteiger partial charge in [0.15, 0.2) is 0 Å². The fourth-order valence-corrected chi connectivity index (χ4v) is 2.53. The Bertz CT molecular complexity index is 627. The third-order valence-electron chi connectivity index (χ3n) is 3.78. The van der Waals surface area contributed by atoms with Gasteiger partial charge in [-0.25, -0.2) is 9.13 Å². The average molecular weight is 286 g/mol. The maximum absolute atomic E-state index is 9.58. The zero-order chi connectivity index (χ0) is 14.8. The van der Waals surface area contributed by atoms with Crippen molar-refractivity contribution in [1.82, 2.24) is 4.57 Å². The maximum Gasteiger partial charge on any atom is 0.421 e. The Labute approximate surface area is 124 Å². The van der Waals surface area contributed by atoms with E-state index >= 15 is 0 Å². The number of anilines is 1. The van der Waals surface area contributed by atoms with Crippen LogP contribution in [0.4, 0.5) is 17.3 Å². The number of β-amino-alcohol motifs (C(OH)–C–C–N with tert-alkyl or cyclic N) is 1. The molecule has 1 aromatic carbocycles. The van der Waals surface area contributed by atoms with E-state index in [2.05, 4.69) is 15.1 Å². The van der Waals surface area contributed by atoms with Gasteiger partial charge in [0.25, 0.3) is 0 Å². The second-order valence-corrected chi connectivity index (χ2v) is 5.42. The molecular weight excluding hydrogens is 266 g/mol. The summed E-state index contributed by atoms with van der Waals surface area (Å²) in [5, 5.41) is 18.1. The molecule has 6 nitrogen and oxygen atoms in total. The average Bonchev–Trinajstić information content (AvgIpc) is 3.05. The molecule has 110 valence electrons. The zero-order valence-corrected chi connectivity index (χ0v) is 12.3. The van der Waals surface area contributed by atoms with Crippen molar-refractivity contribution < 1.29 is 9.67 Å². The van der Waals surface area contributed by atoms with Crippen LogP contribution in [0.3, 0.4) is 0 Å². The third kappa shape index (κ3) is 2.95. The van der Waals surface area contributed by atoms with E-state index in [1.165, 1.54) is 0 Å². The van der Waals surface area contributed by atoms with Crippen molar-refractivity contribution in [1.29, 1.82) is 0 Å². The van der Waals surface area contributed by atoms with Gasteiger partial charge in [-0.2, -0.15) is 0 Å². The first-order valence-electron chi connectivity index (χ1n) is 7.09. The van der Waals surface area contributed by atoms with Crippen LogP contribution >= 0.6 is 0 Å². The van der Waals surface area contributed by atoms with Crippen molar-refractivity contribution in [2.24, 2.45) is 24.3 Å². The van der Waals surface area contributed by atoms with Crippen LogP contribution in [0, 0.1) is 0 Å². The minimum absolute atomic E-state index is 0.207. The van der Waals surface area contributed by atoms with Crippen LogP contribution in [0.5, 0.6) is 0 Å². The van der Waals surface area contributed by atoms with Gasteiger partial charge < -0.3 is 10.0 Å². The third-order valence-corrected chi connectivity index (χ3v) is 3.78. The molecule has 6 heteroatoms. The van der Waals surface area contributed by atoms with E-state index in [4.69, 9.17) is 0 Å². The molecule has 0 aliphatic carbocycles. The molecule has 0 radical (unpaired) electrons. The molecule has 2 aromatic rings. The van der Waals surface area contributed by atoms with Crippen LogP contribution < -0.4 is 9.47 Å². The summed E-state index contributed by atoms with van der Waals surface area (Å²) in [5.74, 6) is 0.793. The summed E-state index contributed by atoms with van der Waals surface area (Å²) in [6.07, 6.45) is 4.51. The largest absolute Gasteiger partial charge is 0.421 e. The van der Waals surface area contributed by atoms with Crippen molar-refractivity contribution in [2.45, 2.75) is 12.5 Å². The predicted octanol–water partition coefficient (Wildman–Crippen LogP) is 1.84. The number of hydrogen-bond acceptors (Lipinski definition) is 4. The lowest BCUT2D eigenvalue weighted by molar-refractivity contribution is -0.657. The van der Waals surface area contributed by atoms with E-state index < -0.39 is 0 Å². The van der Waals surface area contributed by atoms with Crippen LogP contribution in [0.25, 0.3) is 0 Å². The van der Waals surface area contributed by atoms with Crippen molar-refractivity contribution in [3.63, 3.8) is 0 Å². The van der Waals surface area contributed by atoms with E-state index in [1.807, 2.05) is 59.9 Å². The summed E-state index contributed by atoms with van der Waals surface area (Å²) in [6, 6.07) is 7.95. The summed E-state index contributed by atoms with van der Waals surface area (Å²) in [4.78, 5) is 2.18. The van der Waals surface area contributed by atoms with Crippen LogP contribution in [-0.4, -0.2) is 28.9 Å². The molecule has 1 N–H and O–H groups in total. The van der Waals surface area contributed by atoms with Gasteiger partial charge in [-0.05, 0) is 30.7 Å². The van der Waals surface area contributed by atoms with Crippen LogP contribution in [-0.2, 0) is 14.1 Å². The Hall–Kier alpha value is -2.21. The highest BCUT2D eigenvalue weighted by Gasteiger charge is 2.20. The Morgan fingerprint density at radius 2 is 2.00 bits per heavy atom. The molecule has 1 atom stereocenters. The number of benzene rings is 1. The Balaban J connectivity index is 1.73. The molecule has 0 spiro atoms. The SMILES string of the molecule is Cn1cc[n+](C)c1N=Nc1ccc(N2CCC(O)C2)cc1. The molecule has 1 unspecified atom stereocenters. The molecule has 21 heavy (non-hydrogen) atoms. The number of azo groups is 1. The highest BCUT2D eigenvalue weighted by molar-refractivity contribution is 5.53. The van der Waals surface area contributed by atoms with E-state index in [9.17, 15) is 5.11 Å². The molecule has 1 saturated heterocycles. The number of nitrogens with zero attached hydrogens (tertiary/aromatic N) is 5.